The quantitative estimate of drug-likeness (QED) is 0.149. The van der Waals surface area contributed by atoms with Crippen molar-refractivity contribution in [2.45, 2.75) is 11.8 Å². The summed E-state index contributed by atoms with van der Waals surface area (Å²) < 4.78 is 13.1. The van der Waals surface area contributed by atoms with Crippen LogP contribution in [0.1, 0.15) is 31.8 Å². The molecule has 0 fully saturated rings. The fraction of sp³-hybridized carbons (Fsp3) is 0.0645. The Balaban J connectivity index is 1.48. The van der Waals surface area contributed by atoms with Gasteiger partial charge in [0.15, 0.2) is 5.78 Å². The Kier molecular flexibility index (Phi) is 8.85. The van der Waals surface area contributed by atoms with Crippen LogP contribution < -0.4 is 10.6 Å². The third-order valence-corrected chi connectivity index (χ3v) is 6.54. The van der Waals surface area contributed by atoms with Crippen LogP contribution in [0.4, 0.5) is 10.1 Å². The van der Waals surface area contributed by atoms with Gasteiger partial charge < -0.3 is 10.6 Å². The molecule has 7 heteroatoms. The number of carbonyl (C=O) groups excluding carboxylic acids is 3. The standard InChI is InChI=1S/C31H25FN2O3S/c1-21-10-12-22(13-11-21)18-28(34-30(36)24-6-3-2-4-7-24)31(37)33-26-8-5-9-27(19-26)38-20-29(35)23-14-16-25(32)17-15-23/h2-19H,20H2,1H3,(H,33,37)(H,34,36)/b28-18-. The molecule has 0 aliphatic rings. The first-order chi connectivity index (χ1) is 18.4. The van der Waals surface area contributed by atoms with E-state index >= 15 is 0 Å². The zero-order valence-electron chi connectivity index (χ0n) is 20.6. The van der Waals surface area contributed by atoms with Crippen LogP contribution in [0.5, 0.6) is 0 Å². The molecule has 4 rings (SSSR count). The lowest BCUT2D eigenvalue weighted by Crippen LogP contribution is -2.30. The van der Waals surface area contributed by atoms with E-state index in [1.807, 2.05) is 43.3 Å². The van der Waals surface area contributed by atoms with Gasteiger partial charge in [-0.2, -0.15) is 0 Å². The van der Waals surface area contributed by atoms with E-state index in [-0.39, 0.29) is 17.2 Å². The van der Waals surface area contributed by atoms with Gasteiger partial charge in [0.05, 0.1) is 5.75 Å². The predicted octanol–water partition coefficient (Wildman–Crippen LogP) is 6.52. The molecule has 190 valence electrons. The second-order valence-corrected chi connectivity index (χ2v) is 9.54. The van der Waals surface area contributed by atoms with Crippen molar-refractivity contribution < 1.29 is 18.8 Å². The van der Waals surface area contributed by atoms with Crippen LogP contribution in [0, 0.1) is 12.7 Å². The Morgan fingerprint density at radius 2 is 1.53 bits per heavy atom. The second-order valence-electron chi connectivity index (χ2n) is 8.49. The highest BCUT2D eigenvalue weighted by Gasteiger charge is 2.15. The molecule has 0 heterocycles. The topological polar surface area (TPSA) is 75.3 Å². The highest BCUT2D eigenvalue weighted by atomic mass is 32.2. The lowest BCUT2D eigenvalue weighted by atomic mass is 10.1. The SMILES string of the molecule is Cc1ccc(/C=C(\NC(=O)c2ccccc2)C(=O)Nc2cccc(SCC(=O)c3ccc(F)cc3)c2)cc1. The molecule has 4 aromatic rings. The summed E-state index contributed by atoms with van der Waals surface area (Å²) >= 11 is 1.31. The molecule has 0 radical (unpaired) electrons. The summed E-state index contributed by atoms with van der Waals surface area (Å²) in [4.78, 5) is 39.3. The van der Waals surface area contributed by atoms with Crippen molar-refractivity contribution in [3.63, 3.8) is 0 Å². The molecule has 0 aliphatic carbocycles. The third kappa shape index (κ3) is 7.51. The summed E-state index contributed by atoms with van der Waals surface area (Å²) in [6.45, 7) is 1.97. The Bertz CT molecular complexity index is 1470. The molecular formula is C31H25FN2O3S. The summed E-state index contributed by atoms with van der Waals surface area (Å²) in [5.41, 5.74) is 3.30. The van der Waals surface area contributed by atoms with Crippen molar-refractivity contribution in [3.8, 4) is 0 Å². The Hall–Kier alpha value is -4.49. The van der Waals surface area contributed by atoms with Crippen molar-refractivity contribution in [2.24, 2.45) is 0 Å². The lowest BCUT2D eigenvalue weighted by Gasteiger charge is -2.12. The fourth-order valence-electron chi connectivity index (χ4n) is 3.50. The number of anilines is 1. The molecule has 0 aromatic heterocycles. The van der Waals surface area contributed by atoms with Crippen molar-refractivity contribution in [1.82, 2.24) is 5.32 Å². The van der Waals surface area contributed by atoms with Gasteiger partial charge in [-0.15, -0.1) is 11.8 Å². The van der Waals surface area contributed by atoms with Crippen molar-refractivity contribution in [1.29, 1.82) is 0 Å². The van der Waals surface area contributed by atoms with Crippen LogP contribution in [-0.4, -0.2) is 23.4 Å². The molecule has 4 aromatic carbocycles. The van der Waals surface area contributed by atoms with Gasteiger partial charge in [-0.3, -0.25) is 14.4 Å². The van der Waals surface area contributed by atoms with Crippen molar-refractivity contribution in [2.75, 3.05) is 11.1 Å². The number of nitrogens with one attached hydrogen (secondary N) is 2. The molecule has 2 amide bonds. The number of aryl methyl sites for hydroxylation is 1. The van der Waals surface area contributed by atoms with E-state index < -0.39 is 17.6 Å². The molecular weight excluding hydrogens is 499 g/mol. The van der Waals surface area contributed by atoms with Gasteiger partial charge in [0.1, 0.15) is 11.5 Å². The maximum absolute atomic E-state index is 13.3. The molecule has 38 heavy (non-hydrogen) atoms. The molecule has 0 aliphatic heterocycles. The van der Waals surface area contributed by atoms with Gasteiger partial charge in [0, 0.05) is 21.7 Å². The minimum atomic E-state index is -0.487. The number of carbonyl (C=O) groups is 3. The van der Waals surface area contributed by atoms with Crippen LogP contribution in [-0.2, 0) is 4.79 Å². The first kappa shape index (κ1) is 26.6. The van der Waals surface area contributed by atoms with Crippen LogP contribution in [0.2, 0.25) is 0 Å². The van der Waals surface area contributed by atoms with Crippen molar-refractivity contribution >= 4 is 41.1 Å². The third-order valence-electron chi connectivity index (χ3n) is 5.55. The monoisotopic (exact) mass is 524 g/mol. The first-order valence-electron chi connectivity index (χ1n) is 11.8. The molecule has 0 atom stereocenters. The number of ketones is 1. The molecule has 5 nitrogen and oxygen atoms in total. The van der Waals surface area contributed by atoms with Gasteiger partial charge in [0.2, 0.25) is 0 Å². The summed E-state index contributed by atoms with van der Waals surface area (Å²) in [6.07, 6.45) is 1.62. The largest absolute Gasteiger partial charge is 0.321 e. The van der Waals surface area contributed by atoms with Crippen LogP contribution in [0.15, 0.2) is 114 Å². The van der Waals surface area contributed by atoms with E-state index in [0.29, 0.717) is 16.8 Å². The average molecular weight is 525 g/mol. The Labute approximate surface area is 224 Å². The number of hydrogen-bond donors (Lipinski definition) is 2. The molecule has 0 bridgehead atoms. The summed E-state index contributed by atoms with van der Waals surface area (Å²) in [5, 5.41) is 5.56. The number of Topliss-reactive ketones (excluding diaryl/α,β-unsaturated/α-hetero) is 1. The lowest BCUT2D eigenvalue weighted by molar-refractivity contribution is -0.113. The highest BCUT2D eigenvalue weighted by Crippen LogP contribution is 2.23. The number of rotatable bonds is 9. The summed E-state index contributed by atoms with van der Waals surface area (Å²) in [7, 11) is 0. The van der Waals surface area contributed by atoms with Gasteiger partial charge in [0.25, 0.3) is 11.8 Å². The number of amides is 2. The zero-order chi connectivity index (χ0) is 26.9. The van der Waals surface area contributed by atoms with Crippen LogP contribution in [0.25, 0.3) is 6.08 Å². The van der Waals surface area contributed by atoms with Crippen LogP contribution >= 0.6 is 11.8 Å². The smallest absolute Gasteiger partial charge is 0.272 e. The average Bonchev–Trinajstić information content (AvgIpc) is 2.93. The zero-order valence-corrected chi connectivity index (χ0v) is 21.4. The molecule has 0 saturated carbocycles. The van der Waals surface area contributed by atoms with Gasteiger partial charge >= 0.3 is 0 Å². The highest BCUT2D eigenvalue weighted by molar-refractivity contribution is 8.00. The Morgan fingerprint density at radius 3 is 2.24 bits per heavy atom. The minimum absolute atomic E-state index is 0.0900. The normalized spacial score (nSPS) is 11.1. The fourth-order valence-corrected chi connectivity index (χ4v) is 4.35. The maximum atomic E-state index is 13.3. The van der Waals surface area contributed by atoms with Gasteiger partial charge in [-0.05, 0) is 73.2 Å². The van der Waals surface area contributed by atoms with E-state index in [1.165, 1.54) is 36.0 Å². The maximum Gasteiger partial charge on any atom is 0.272 e. The molecule has 2 N–H and O–H groups in total. The summed E-state index contributed by atoms with van der Waals surface area (Å²) in [5.74, 6) is -1.25. The number of halogens is 1. The van der Waals surface area contributed by atoms with E-state index in [9.17, 15) is 18.8 Å². The summed E-state index contributed by atoms with van der Waals surface area (Å²) in [6, 6.07) is 28.8. The van der Waals surface area contributed by atoms with E-state index in [1.54, 1.807) is 48.5 Å². The Morgan fingerprint density at radius 1 is 0.816 bits per heavy atom. The van der Waals surface area contributed by atoms with Gasteiger partial charge in [-0.1, -0.05) is 54.1 Å². The minimum Gasteiger partial charge on any atom is -0.321 e. The molecule has 0 unspecified atom stereocenters. The van der Waals surface area contributed by atoms with E-state index in [4.69, 9.17) is 0 Å². The predicted molar refractivity (Wildman–Crippen MR) is 150 cm³/mol. The van der Waals surface area contributed by atoms with Crippen LogP contribution in [0.3, 0.4) is 0 Å². The number of thioether (sulfide) groups is 1. The number of benzene rings is 4. The van der Waals surface area contributed by atoms with Gasteiger partial charge in [-0.25, -0.2) is 4.39 Å². The van der Waals surface area contributed by atoms with E-state index in [2.05, 4.69) is 10.6 Å². The van der Waals surface area contributed by atoms with E-state index in [0.717, 1.165) is 16.0 Å². The number of hydrogen-bond acceptors (Lipinski definition) is 4. The second kappa shape index (κ2) is 12.7. The molecule has 0 saturated heterocycles. The van der Waals surface area contributed by atoms with Crippen molar-refractivity contribution in [3.05, 3.63) is 137 Å². The molecule has 0 spiro atoms. The first-order valence-corrected chi connectivity index (χ1v) is 12.8.